The molecule has 0 aliphatic carbocycles. The van der Waals surface area contributed by atoms with Gasteiger partial charge in [-0.1, -0.05) is 0 Å². The molecule has 0 aromatic rings. The van der Waals surface area contributed by atoms with Crippen LogP contribution in [-0.4, -0.2) is 33.0 Å². The number of rotatable bonds is 0. The molecule has 0 amide bonds. The molecule has 2 aliphatic rings. The number of hydrogen-bond acceptors (Lipinski definition) is 3. The number of hydrogen-bond donors (Lipinski definition) is 2. The predicted molar refractivity (Wildman–Crippen MR) is 34.1 cm³/mol. The van der Waals surface area contributed by atoms with Crippen LogP contribution in [0.15, 0.2) is 0 Å². The van der Waals surface area contributed by atoms with Gasteiger partial charge in [-0.05, 0) is 0 Å². The summed E-state index contributed by atoms with van der Waals surface area (Å²) in [6.07, 6.45) is 0. The molecular weight excluding hydrogens is 116 g/mol. The minimum atomic E-state index is 0.457. The Balaban J connectivity index is 1.93. The van der Waals surface area contributed by atoms with Gasteiger partial charge in [0.1, 0.15) is 0 Å². The van der Waals surface area contributed by atoms with Crippen molar-refractivity contribution in [1.82, 2.24) is 10.6 Å². The maximum absolute atomic E-state index is 5.28. The Morgan fingerprint density at radius 3 is 2.22 bits per heavy atom. The van der Waals surface area contributed by atoms with E-state index < -0.39 is 0 Å². The van der Waals surface area contributed by atoms with Gasteiger partial charge in [-0.15, -0.1) is 0 Å². The Morgan fingerprint density at radius 1 is 1.11 bits per heavy atom. The van der Waals surface area contributed by atoms with Crippen LogP contribution in [0, 0.1) is 5.41 Å². The van der Waals surface area contributed by atoms with E-state index in [9.17, 15) is 0 Å². The summed E-state index contributed by atoms with van der Waals surface area (Å²) in [6, 6.07) is 0. The van der Waals surface area contributed by atoms with Crippen molar-refractivity contribution in [2.75, 3.05) is 33.0 Å². The van der Waals surface area contributed by atoms with E-state index in [1.807, 2.05) is 0 Å². The molecule has 0 saturated carbocycles. The fraction of sp³-hybridized carbons (Fsp3) is 1.00. The Hall–Kier alpha value is -0.120. The Kier molecular flexibility index (Phi) is 1.22. The molecule has 0 radical (unpaired) electrons. The van der Waals surface area contributed by atoms with Gasteiger partial charge in [0.15, 0.2) is 0 Å². The monoisotopic (exact) mass is 128 g/mol. The minimum Gasteiger partial charge on any atom is -0.366 e. The molecule has 2 N–H and O–H groups in total. The zero-order valence-corrected chi connectivity index (χ0v) is 5.44. The third-order valence-corrected chi connectivity index (χ3v) is 2.11. The van der Waals surface area contributed by atoms with Crippen molar-refractivity contribution in [3.05, 3.63) is 0 Å². The summed E-state index contributed by atoms with van der Waals surface area (Å²) in [6.45, 7) is 5.05. The molecule has 0 unspecified atom stereocenters. The maximum Gasteiger partial charge on any atom is 0.0965 e. The smallest absolute Gasteiger partial charge is 0.0965 e. The van der Waals surface area contributed by atoms with Crippen LogP contribution in [0.1, 0.15) is 0 Å². The van der Waals surface area contributed by atoms with Crippen LogP contribution in [0.25, 0.3) is 0 Å². The third-order valence-electron chi connectivity index (χ3n) is 2.11. The summed E-state index contributed by atoms with van der Waals surface area (Å²) >= 11 is 0. The van der Waals surface area contributed by atoms with Gasteiger partial charge in [0.2, 0.25) is 0 Å². The van der Waals surface area contributed by atoms with Crippen LogP contribution in [0.3, 0.4) is 0 Å². The molecule has 3 nitrogen and oxygen atoms in total. The Labute approximate surface area is 54.8 Å². The Morgan fingerprint density at radius 2 is 1.89 bits per heavy atom. The normalized spacial score (nSPS) is 32.0. The zero-order chi connectivity index (χ0) is 6.16. The first-order chi connectivity index (χ1) is 4.41. The fourth-order valence-electron chi connectivity index (χ4n) is 1.41. The first kappa shape index (κ1) is 5.65. The largest absolute Gasteiger partial charge is 0.366 e. The van der Waals surface area contributed by atoms with Crippen molar-refractivity contribution < 1.29 is 4.74 Å². The molecule has 2 saturated heterocycles. The van der Waals surface area contributed by atoms with Gasteiger partial charge in [0.05, 0.1) is 13.3 Å². The quantitative estimate of drug-likeness (QED) is 0.446. The predicted octanol–water partition coefficient (Wildman–Crippen LogP) is -0.847. The molecule has 1 spiro atoms. The van der Waals surface area contributed by atoms with Gasteiger partial charge < -0.3 is 10.1 Å². The highest BCUT2D eigenvalue weighted by Gasteiger charge is 2.38. The van der Waals surface area contributed by atoms with Crippen molar-refractivity contribution in [3.63, 3.8) is 0 Å². The number of nitrogens with one attached hydrogen (secondary N) is 2. The molecule has 0 atom stereocenters. The van der Waals surface area contributed by atoms with Crippen molar-refractivity contribution in [2.45, 2.75) is 0 Å². The molecule has 0 aromatic carbocycles. The summed E-state index contributed by atoms with van der Waals surface area (Å²) < 4.78 is 5.28. The first-order valence-electron chi connectivity index (χ1n) is 3.41. The van der Waals surface area contributed by atoms with Crippen LogP contribution in [0.5, 0.6) is 0 Å². The average Bonchev–Trinajstić information content (AvgIpc) is 1.87. The van der Waals surface area contributed by atoms with Crippen molar-refractivity contribution >= 4 is 0 Å². The summed E-state index contributed by atoms with van der Waals surface area (Å²) in [5.74, 6) is 0. The lowest BCUT2D eigenvalue weighted by atomic mass is 9.82. The van der Waals surface area contributed by atoms with Crippen LogP contribution in [-0.2, 0) is 4.74 Å². The van der Waals surface area contributed by atoms with Crippen LogP contribution in [0.4, 0.5) is 0 Å². The highest BCUT2D eigenvalue weighted by molar-refractivity contribution is 4.94. The summed E-state index contributed by atoms with van der Waals surface area (Å²) in [5.41, 5.74) is 0.457. The molecule has 2 fully saturated rings. The van der Waals surface area contributed by atoms with Gasteiger partial charge in [-0.25, -0.2) is 0 Å². The van der Waals surface area contributed by atoms with Crippen LogP contribution < -0.4 is 10.6 Å². The summed E-state index contributed by atoms with van der Waals surface area (Å²) in [7, 11) is 0. The minimum absolute atomic E-state index is 0.457. The fourth-order valence-corrected chi connectivity index (χ4v) is 1.41. The second-order valence-corrected chi connectivity index (χ2v) is 3.02. The molecule has 0 bridgehead atoms. The summed E-state index contributed by atoms with van der Waals surface area (Å²) in [5, 5.41) is 6.47. The molecule has 3 heteroatoms. The van der Waals surface area contributed by atoms with E-state index in [-0.39, 0.29) is 0 Å². The maximum atomic E-state index is 5.28. The first-order valence-corrected chi connectivity index (χ1v) is 3.41. The van der Waals surface area contributed by atoms with Gasteiger partial charge in [-0.2, -0.15) is 0 Å². The molecule has 2 aliphatic heterocycles. The van der Waals surface area contributed by atoms with E-state index >= 15 is 0 Å². The molecule has 2 heterocycles. The Bertz CT molecular complexity index is 104. The van der Waals surface area contributed by atoms with Gasteiger partial charge in [0, 0.05) is 25.0 Å². The van der Waals surface area contributed by atoms with E-state index in [2.05, 4.69) is 10.6 Å². The average molecular weight is 128 g/mol. The van der Waals surface area contributed by atoms with E-state index in [0.29, 0.717) is 5.41 Å². The van der Waals surface area contributed by atoms with Gasteiger partial charge >= 0.3 is 0 Å². The van der Waals surface area contributed by atoms with Crippen molar-refractivity contribution in [1.29, 1.82) is 0 Å². The van der Waals surface area contributed by atoms with Crippen LogP contribution >= 0.6 is 0 Å². The standard InChI is InChI=1S/C6H12N2O/c1-6(2-7-1)3-8-5-9-4-6/h7-8H,1-5H2. The summed E-state index contributed by atoms with van der Waals surface area (Å²) in [4.78, 5) is 0. The SMILES string of the molecule is C1NCC2(CNC2)CO1. The van der Waals surface area contributed by atoms with Gasteiger partial charge in [0.25, 0.3) is 0 Å². The molecule has 0 aromatic heterocycles. The van der Waals surface area contributed by atoms with Gasteiger partial charge in [-0.3, -0.25) is 5.32 Å². The lowest BCUT2D eigenvalue weighted by Crippen LogP contribution is -2.63. The van der Waals surface area contributed by atoms with E-state index in [0.717, 1.165) is 33.0 Å². The molecule has 52 valence electrons. The highest BCUT2D eigenvalue weighted by atomic mass is 16.5. The van der Waals surface area contributed by atoms with E-state index in [1.54, 1.807) is 0 Å². The highest BCUT2D eigenvalue weighted by Crippen LogP contribution is 2.23. The van der Waals surface area contributed by atoms with Crippen molar-refractivity contribution in [3.8, 4) is 0 Å². The third kappa shape index (κ3) is 0.852. The zero-order valence-electron chi connectivity index (χ0n) is 5.44. The molecular formula is C6H12N2O. The lowest BCUT2D eigenvalue weighted by Gasteiger charge is -2.45. The lowest BCUT2D eigenvalue weighted by molar-refractivity contribution is -0.0382. The molecule has 2 rings (SSSR count). The second kappa shape index (κ2) is 1.94. The second-order valence-electron chi connectivity index (χ2n) is 3.02. The topological polar surface area (TPSA) is 33.3 Å². The van der Waals surface area contributed by atoms with Crippen LogP contribution in [0.2, 0.25) is 0 Å². The van der Waals surface area contributed by atoms with E-state index in [4.69, 9.17) is 4.74 Å². The van der Waals surface area contributed by atoms with Crippen molar-refractivity contribution in [2.24, 2.45) is 5.41 Å². The number of ether oxygens (including phenoxy) is 1. The van der Waals surface area contributed by atoms with E-state index in [1.165, 1.54) is 0 Å². The molecule has 9 heavy (non-hydrogen) atoms.